The van der Waals surface area contributed by atoms with Gasteiger partial charge in [0.25, 0.3) is 5.91 Å². The number of nitrogens with zero attached hydrogens (tertiary/aromatic N) is 2. The van der Waals surface area contributed by atoms with Crippen LogP contribution >= 0.6 is 23.1 Å². The molecule has 1 atom stereocenters. The molecule has 0 aliphatic carbocycles. The summed E-state index contributed by atoms with van der Waals surface area (Å²) in [6.07, 6.45) is 10.4. The minimum atomic E-state index is 0.0386. The zero-order valence-corrected chi connectivity index (χ0v) is 18.6. The number of thiophene rings is 1. The van der Waals surface area contributed by atoms with E-state index in [0.29, 0.717) is 6.54 Å². The molecule has 7 heteroatoms. The number of nitrogens with one attached hydrogen (secondary N) is 1. The van der Waals surface area contributed by atoms with E-state index >= 15 is 0 Å². The zero-order chi connectivity index (χ0) is 20.3. The van der Waals surface area contributed by atoms with Gasteiger partial charge in [-0.05, 0) is 67.9 Å². The highest BCUT2D eigenvalue weighted by Gasteiger charge is 2.29. The predicted molar refractivity (Wildman–Crippen MR) is 123 cm³/mol. The number of likely N-dealkylation sites (tertiary alicyclic amines) is 1. The Bertz CT molecular complexity index is 973. The van der Waals surface area contributed by atoms with Gasteiger partial charge in [0.1, 0.15) is 10.8 Å². The Kier molecular flexibility index (Phi) is 6.02. The lowest BCUT2D eigenvalue weighted by atomic mass is 10.0. The SMILES string of the molecule is O=C(NCC(c1ccco1)N1CCCCC1)c1c(-n2cccc2)sc2c1CCSC2. The van der Waals surface area contributed by atoms with E-state index in [1.165, 1.54) is 29.7 Å². The predicted octanol–water partition coefficient (Wildman–Crippen LogP) is 4.88. The number of amides is 1. The molecule has 30 heavy (non-hydrogen) atoms. The van der Waals surface area contributed by atoms with Crippen LogP contribution in [-0.2, 0) is 12.2 Å². The van der Waals surface area contributed by atoms with E-state index in [2.05, 4.69) is 14.8 Å². The molecule has 0 radical (unpaired) electrons. The fraction of sp³-hybridized carbons (Fsp3) is 0.435. The first kappa shape index (κ1) is 20.0. The number of fused-ring (bicyclic) bond motifs is 1. The van der Waals surface area contributed by atoms with Crippen LogP contribution in [0.25, 0.3) is 5.00 Å². The number of thioether (sulfide) groups is 1. The maximum atomic E-state index is 13.5. The van der Waals surface area contributed by atoms with Crippen molar-refractivity contribution in [2.45, 2.75) is 37.5 Å². The molecule has 1 unspecified atom stereocenters. The summed E-state index contributed by atoms with van der Waals surface area (Å²) in [5.41, 5.74) is 2.11. The number of furan rings is 1. The van der Waals surface area contributed by atoms with Crippen LogP contribution < -0.4 is 5.32 Å². The molecular formula is C23H27N3O2S2. The first-order valence-corrected chi connectivity index (χ1v) is 12.7. The fourth-order valence-electron chi connectivity index (χ4n) is 4.50. The molecule has 5 rings (SSSR count). The van der Waals surface area contributed by atoms with E-state index in [0.717, 1.165) is 47.3 Å². The van der Waals surface area contributed by atoms with Gasteiger partial charge in [-0.2, -0.15) is 11.8 Å². The number of piperidine rings is 1. The molecule has 0 bridgehead atoms. The van der Waals surface area contributed by atoms with Crippen molar-refractivity contribution in [3.8, 4) is 5.00 Å². The third kappa shape index (κ3) is 3.98. The van der Waals surface area contributed by atoms with Gasteiger partial charge >= 0.3 is 0 Å². The van der Waals surface area contributed by atoms with Crippen molar-refractivity contribution in [2.75, 3.05) is 25.4 Å². The summed E-state index contributed by atoms with van der Waals surface area (Å²) in [6, 6.07) is 8.08. The number of hydrogen-bond acceptors (Lipinski definition) is 5. The second-order valence-electron chi connectivity index (χ2n) is 7.91. The maximum absolute atomic E-state index is 13.5. The van der Waals surface area contributed by atoms with E-state index in [9.17, 15) is 4.79 Å². The lowest BCUT2D eigenvalue weighted by Gasteiger charge is -2.33. The molecule has 158 valence electrons. The monoisotopic (exact) mass is 441 g/mol. The molecule has 1 fully saturated rings. The molecule has 3 aromatic heterocycles. The van der Waals surface area contributed by atoms with Crippen LogP contribution in [0.3, 0.4) is 0 Å². The summed E-state index contributed by atoms with van der Waals surface area (Å²) >= 11 is 3.71. The Hall–Kier alpha value is -1.96. The summed E-state index contributed by atoms with van der Waals surface area (Å²) in [5, 5.41) is 4.31. The van der Waals surface area contributed by atoms with Crippen molar-refractivity contribution in [1.29, 1.82) is 0 Å². The molecular weight excluding hydrogens is 414 g/mol. The van der Waals surface area contributed by atoms with Gasteiger partial charge in [-0.25, -0.2) is 0 Å². The molecule has 0 saturated carbocycles. The molecule has 0 spiro atoms. The van der Waals surface area contributed by atoms with E-state index < -0.39 is 0 Å². The lowest BCUT2D eigenvalue weighted by Crippen LogP contribution is -2.40. The van der Waals surface area contributed by atoms with E-state index in [1.807, 2.05) is 48.4 Å². The quantitative estimate of drug-likeness (QED) is 0.592. The van der Waals surface area contributed by atoms with Crippen LogP contribution in [0.5, 0.6) is 0 Å². The van der Waals surface area contributed by atoms with E-state index in [1.54, 1.807) is 17.6 Å². The minimum Gasteiger partial charge on any atom is -0.468 e. The first-order chi connectivity index (χ1) is 14.8. The van der Waals surface area contributed by atoms with Gasteiger partial charge < -0.3 is 14.3 Å². The highest BCUT2D eigenvalue weighted by Crippen LogP contribution is 2.38. The molecule has 0 aromatic carbocycles. The third-order valence-electron chi connectivity index (χ3n) is 6.03. The standard InChI is InChI=1S/C23H27N3O2S2/c27-22(24-15-18(19-7-6-13-28-19)25-9-2-1-3-10-25)21-17-8-14-29-16-20(17)30-23(21)26-11-4-5-12-26/h4-7,11-13,18H,1-3,8-10,14-16H2,(H,24,27). The van der Waals surface area contributed by atoms with Crippen LogP contribution in [0.2, 0.25) is 0 Å². The molecule has 3 aromatic rings. The molecule has 2 aliphatic heterocycles. The maximum Gasteiger partial charge on any atom is 0.254 e. The number of hydrogen-bond donors (Lipinski definition) is 1. The summed E-state index contributed by atoms with van der Waals surface area (Å²) in [7, 11) is 0. The highest BCUT2D eigenvalue weighted by molar-refractivity contribution is 7.98. The molecule has 5 heterocycles. The molecule has 5 nitrogen and oxygen atoms in total. The zero-order valence-electron chi connectivity index (χ0n) is 17.0. The van der Waals surface area contributed by atoms with Crippen molar-refractivity contribution < 1.29 is 9.21 Å². The largest absolute Gasteiger partial charge is 0.468 e. The van der Waals surface area contributed by atoms with Gasteiger partial charge in [-0.1, -0.05) is 6.42 Å². The van der Waals surface area contributed by atoms with Crippen molar-refractivity contribution in [3.63, 3.8) is 0 Å². The summed E-state index contributed by atoms with van der Waals surface area (Å²) in [5.74, 6) is 3.06. The number of rotatable bonds is 6. The summed E-state index contributed by atoms with van der Waals surface area (Å²) < 4.78 is 7.83. The van der Waals surface area contributed by atoms with Crippen LogP contribution in [0.4, 0.5) is 0 Å². The Labute approximate surface area is 185 Å². The first-order valence-electron chi connectivity index (χ1n) is 10.7. The summed E-state index contributed by atoms with van der Waals surface area (Å²) in [6.45, 7) is 2.68. The molecule has 2 aliphatic rings. The second kappa shape index (κ2) is 9.04. The average molecular weight is 442 g/mol. The molecule has 1 amide bonds. The van der Waals surface area contributed by atoms with Gasteiger partial charge in [-0.15, -0.1) is 11.3 Å². The fourth-order valence-corrected chi connectivity index (χ4v) is 6.95. The van der Waals surface area contributed by atoms with Crippen LogP contribution in [0.15, 0.2) is 47.3 Å². The van der Waals surface area contributed by atoms with Crippen molar-refractivity contribution in [3.05, 3.63) is 64.7 Å². The van der Waals surface area contributed by atoms with E-state index in [4.69, 9.17) is 4.42 Å². The van der Waals surface area contributed by atoms with Gasteiger partial charge in [0.2, 0.25) is 0 Å². The van der Waals surface area contributed by atoms with Gasteiger partial charge in [0, 0.05) is 29.6 Å². The Balaban J connectivity index is 1.40. The van der Waals surface area contributed by atoms with Crippen LogP contribution in [0, 0.1) is 0 Å². The van der Waals surface area contributed by atoms with Crippen molar-refractivity contribution in [2.24, 2.45) is 0 Å². The van der Waals surface area contributed by atoms with Crippen molar-refractivity contribution in [1.82, 2.24) is 14.8 Å². The highest BCUT2D eigenvalue weighted by atomic mass is 32.2. The van der Waals surface area contributed by atoms with Gasteiger partial charge in [0.15, 0.2) is 0 Å². The van der Waals surface area contributed by atoms with Crippen LogP contribution in [0.1, 0.15) is 51.9 Å². The normalized spacial score (nSPS) is 18.1. The Morgan fingerprint density at radius 1 is 1.17 bits per heavy atom. The Morgan fingerprint density at radius 3 is 2.77 bits per heavy atom. The molecule has 1 N–H and O–H groups in total. The van der Waals surface area contributed by atoms with Crippen LogP contribution in [-0.4, -0.2) is 40.8 Å². The second-order valence-corrected chi connectivity index (χ2v) is 10.1. The smallest absolute Gasteiger partial charge is 0.254 e. The number of carbonyl (C=O) groups is 1. The molecule has 1 saturated heterocycles. The average Bonchev–Trinajstić information content (AvgIpc) is 3.54. The lowest BCUT2D eigenvalue weighted by molar-refractivity contribution is 0.0913. The van der Waals surface area contributed by atoms with Crippen molar-refractivity contribution >= 4 is 29.0 Å². The third-order valence-corrected chi connectivity index (χ3v) is 8.44. The topological polar surface area (TPSA) is 50.4 Å². The van der Waals surface area contributed by atoms with E-state index in [-0.39, 0.29) is 11.9 Å². The summed E-state index contributed by atoms with van der Waals surface area (Å²) in [4.78, 5) is 17.3. The number of carbonyl (C=O) groups excluding carboxylic acids is 1. The number of aromatic nitrogens is 1. The minimum absolute atomic E-state index is 0.0386. The Morgan fingerprint density at radius 2 is 2.00 bits per heavy atom. The van der Waals surface area contributed by atoms with Gasteiger partial charge in [0.05, 0.1) is 17.9 Å². The van der Waals surface area contributed by atoms with Gasteiger partial charge in [-0.3, -0.25) is 9.69 Å².